The highest BCUT2D eigenvalue weighted by atomic mass is 32.2. The van der Waals surface area contributed by atoms with Crippen LogP contribution in [-0.4, -0.2) is 17.3 Å². The molecule has 0 unspecified atom stereocenters. The average Bonchev–Trinajstić information content (AvgIpc) is 2.18. The molecule has 0 fully saturated rings. The second-order valence-electron chi connectivity index (χ2n) is 4.42. The van der Waals surface area contributed by atoms with Crippen LogP contribution in [0.1, 0.15) is 25.8 Å². The lowest BCUT2D eigenvalue weighted by Crippen LogP contribution is -2.23. The second kappa shape index (κ2) is 5.04. The Labute approximate surface area is 103 Å². The minimum absolute atomic E-state index is 0.101. The van der Waals surface area contributed by atoms with Crippen molar-refractivity contribution in [1.82, 2.24) is 0 Å². The molecule has 0 bridgehead atoms. The van der Waals surface area contributed by atoms with E-state index in [1.54, 1.807) is 20.1 Å². The van der Waals surface area contributed by atoms with Crippen LogP contribution in [0, 0.1) is 11.6 Å². The zero-order valence-electron chi connectivity index (χ0n) is 9.88. The van der Waals surface area contributed by atoms with Gasteiger partial charge in [-0.1, -0.05) is 13.8 Å². The van der Waals surface area contributed by atoms with E-state index in [1.807, 2.05) is 0 Å². The Morgan fingerprint density at radius 3 is 2.47 bits per heavy atom. The van der Waals surface area contributed by atoms with Gasteiger partial charge in [0.05, 0.1) is 6.42 Å². The maximum absolute atomic E-state index is 14.0. The minimum Gasteiger partial charge on any atom is -0.481 e. The van der Waals surface area contributed by atoms with Gasteiger partial charge in [0.1, 0.15) is 11.6 Å². The van der Waals surface area contributed by atoms with Crippen LogP contribution < -0.4 is 0 Å². The van der Waals surface area contributed by atoms with E-state index in [9.17, 15) is 13.6 Å². The Hall–Kier alpha value is -1.10. The van der Waals surface area contributed by atoms with Crippen LogP contribution in [0.25, 0.3) is 0 Å². The van der Waals surface area contributed by atoms with Gasteiger partial charge >= 0.3 is 5.97 Å². The van der Waals surface area contributed by atoms with Crippen molar-refractivity contribution in [3.8, 4) is 0 Å². The maximum atomic E-state index is 14.0. The third-order valence-corrected chi connectivity index (χ3v) is 3.28. The van der Waals surface area contributed by atoms with Crippen LogP contribution in [0.5, 0.6) is 0 Å². The highest BCUT2D eigenvalue weighted by molar-refractivity contribution is 7.98. The van der Waals surface area contributed by atoms with Crippen molar-refractivity contribution in [3.05, 3.63) is 29.3 Å². The second-order valence-corrected chi connectivity index (χ2v) is 5.27. The molecule has 5 heteroatoms. The molecule has 0 spiro atoms. The third kappa shape index (κ3) is 3.19. The van der Waals surface area contributed by atoms with Crippen LogP contribution in [0.15, 0.2) is 17.0 Å². The van der Waals surface area contributed by atoms with Crippen molar-refractivity contribution in [1.29, 1.82) is 0 Å². The van der Waals surface area contributed by atoms with Gasteiger partial charge < -0.3 is 5.11 Å². The van der Waals surface area contributed by atoms with E-state index in [-0.39, 0.29) is 16.9 Å². The molecule has 0 radical (unpaired) electrons. The first kappa shape index (κ1) is 14.0. The summed E-state index contributed by atoms with van der Waals surface area (Å²) in [4.78, 5) is 10.9. The zero-order valence-corrected chi connectivity index (χ0v) is 10.7. The molecule has 0 saturated carbocycles. The molecule has 1 aromatic carbocycles. The molecule has 0 aliphatic carbocycles. The molecule has 1 N–H and O–H groups in total. The Kier molecular flexibility index (Phi) is 4.14. The summed E-state index contributed by atoms with van der Waals surface area (Å²) in [5, 5.41) is 8.78. The van der Waals surface area contributed by atoms with E-state index in [2.05, 4.69) is 0 Å². The number of hydrogen-bond donors (Lipinski definition) is 1. The van der Waals surface area contributed by atoms with Crippen LogP contribution in [0.3, 0.4) is 0 Å². The van der Waals surface area contributed by atoms with Gasteiger partial charge in [-0.2, -0.15) is 0 Å². The summed E-state index contributed by atoms with van der Waals surface area (Å²) in [5.74, 6) is -2.13. The van der Waals surface area contributed by atoms with Crippen LogP contribution in [0.4, 0.5) is 8.78 Å². The smallest absolute Gasteiger partial charge is 0.304 e. The molecule has 0 aliphatic heterocycles. The first-order chi connectivity index (χ1) is 7.77. The van der Waals surface area contributed by atoms with Crippen molar-refractivity contribution in [3.63, 3.8) is 0 Å². The van der Waals surface area contributed by atoms with E-state index in [0.717, 1.165) is 23.9 Å². The monoisotopic (exact) mass is 260 g/mol. The van der Waals surface area contributed by atoms with Crippen molar-refractivity contribution < 1.29 is 18.7 Å². The topological polar surface area (TPSA) is 37.3 Å². The fraction of sp³-hybridized carbons (Fsp3) is 0.417. The van der Waals surface area contributed by atoms with Gasteiger partial charge in [0.15, 0.2) is 0 Å². The summed E-state index contributed by atoms with van der Waals surface area (Å²) in [6, 6.07) is 2.18. The van der Waals surface area contributed by atoms with Gasteiger partial charge in [0, 0.05) is 10.3 Å². The first-order valence-electron chi connectivity index (χ1n) is 5.03. The molecule has 1 rings (SSSR count). The van der Waals surface area contributed by atoms with E-state index in [4.69, 9.17) is 5.11 Å². The number of thioether (sulfide) groups is 1. The Morgan fingerprint density at radius 1 is 1.41 bits per heavy atom. The number of benzene rings is 1. The maximum Gasteiger partial charge on any atom is 0.304 e. The fourth-order valence-electron chi connectivity index (χ4n) is 1.68. The van der Waals surface area contributed by atoms with Gasteiger partial charge in [0.2, 0.25) is 0 Å². The first-order valence-corrected chi connectivity index (χ1v) is 6.25. The largest absolute Gasteiger partial charge is 0.481 e. The van der Waals surface area contributed by atoms with Crippen LogP contribution >= 0.6 is 11.8 Å². The molecule has 94 valence electrons. The summed E-state index contributed by atoms with van der Waals surface area (Å²) >= 11 is 1.10. The molecule has 0 aromatic heterocycles. The third-order valence-electron chi connectivity index (χ3n) is 2.55. The van der Waals surface area contributed by atoms with Crippen molar-refractivity contribution in [2.45, 2.75) is 30.6 Å². The van der Waals surface area contributed by atoms with Gasteiger partial charge in [-0.15, -0.1) is 11.8 Å². The van der Waals surface area contributed by atoms with Crippen molar-refractivity contribution in [2.75, 3.05) is 6.26 Å². The van der Waals surface area contributed by atoms with Crippen molar-refractivity contribution >= 4 is 17.7 Å². The van der Waals surface area contributed by atoms with E-state index in [0.29, 0.717) is 0 Å². The van der Waals surface area contributed by atoms with E-state index < -0.39 is 23.0 Å². The molecule has 0 amide bonds. The Morgan fingerprint density at radius 2 is 2.00 bits per heavy atom. The van der Waals surface area contributed by atoms with E-state index in [1.165, 1.54) is 0 Å². The number of carbonyl (C=O) groups is 1. The molecule has 0 heterocycles. The number of aliphatic carboxylic acids is 1. The summed E-state index contributed by atoms with van der Waals surface area (Å²) in [7, 11) is 0. The van der Waals surface area contributed by atoms with Crippen molar-refractivity contribution in [2.24, 2.45) is 0 Å². The van der Waals surface area contributed by atoms with Crippen LogP contribution in [-0.2, 0) is 10.2 Å². The Balaban J connectivity index is 3.29. The molecule has 0 atom stereocenters. The lowest BCUT2D eigenvalue weighted by atomic mass is 9.81. The normalized spacial score (nSPS) is 11.6. The van der Waals surface area contributed by atoms with Gasteiger partial charge in [0.25, 0.3) is 0 Å². The highest BCUT2D eigenvalue weighted by Crippen LogP contribution is 2.34. The van der Waals surface area contributed by atoms with Crippen LogP contribution in [0.2, 0.25) is 0 Å². The molecular formula is C12H14F2O2S. The highest BCUT2D eigenvalue weighted by Gasteiger charge is 2.29. The number of carboxylic acids is 1. The lowest BCUT2D eigenvalue weighted by Gasteiger charge is -2.24. The standard InChI is InChI=1S/C12H14F2O2S/c1-12(2,6-10(15)16)8-4-7(13)5-9(17-3)11(8)14/h4-5H,6H2,1-3H3,(H,15,16). The molecule has 2 nitrogen and oxygen atoms in total. The van der Waals surface area contributed by atoms with Gasteiger partial charge in [-0.05, 0) is 24.0 Å². The SMILES string of the molecule is CSc1cc(F)cc(C(C)(C)CC(=O)O)c1F. The summed E-state index contributed by atoms with van der Waals surface area (Å²) in [6.45, 7) is 3.17. The number of halogens is 2. The Bertz CT molecular complexity index is 444. The molecule has 0 saturated heterocycles. The van der Waals surface area contributed by atoms with Gasteiger partial charge in [-0.25, -0.2) is 8.78 Å². The molecule has 1 aromatic rings. The van der Waals surface area contributed by atoms with Gasteiger partial charge in [-0.3, -0.25) is 4.79 Å². The predicted octanol–water partition coefficient (Wildman–Crippen LogP) is 3.44. The molecule has 17 heavy (non-hydrogen) atoms. The summed E-state index contributed by atoms with van der Waals surface area (Å²) in [5.41, 5.74) is -0.841. The lowest BCUT2D eigenvalue weighted by molar-refractivity contribution is -0.138. The summed E-state index contributed by atoms with van der Waals surface area (Å²) in [6.07, 6.45) is 1.40. The summed E-state index contributed by atoms with van der Waals surface area (Å²) < 4.78 is 27.4. The minimum atomic E-state index is -1.04. The number of carboxylic acid groups (broad SMARTS) is 1. The fourth-order valence-corrected chi connectivity index (χ4v) is 2.20. The average molecular weight is 260 g/mol. The quantitative estimate of drug-likeness (QED) is 0.843. The zero-order chi connectivity index (χ0) is 13.2. The van der Waals surface area contributed by atoms with E-state index >= 15 is 0 Å². The molecule has 0 aliphatic rings. The number of rotatable bonds is 4. The molecular weight excluding hydrogens is 246 g/mol. The predicted molar refractivity (Wildman–Crippen MR) is 63.4 cm³/mol. The number of hydrogen-bond acceptors (Lipinski definition) is 2.